The summed E-state index contributed by atoms with van der Waals surface area (Å²) < 4.78 is 0. The molecule has 0 aromatic heterocycles. The maximum Gasteiger partial charge on any atom is 2.00 e. The van der Waals surface area contributed by atoms with E-state index < -0.39 is 0 Å². The summed E-state index contributed by atoms with van der Waals surface area (Å²) >= 11 is 0. The van der Waals surface area contributed by atoms with Crippen LogP contribution in [-0.4, -0.2) is 0 Å². The molecule has 0 heterocycles. The third-order valence-electron chi connectivity index (χ3n) is 0. The molecule has 0 rings (SSSR count). The number of hydrogen-bond donors (Lipinski definition) is 0. The van der Waals surface area contributed by atoms with Crippen LogP contribution in [0.25, 0.3) is 0 Å². The Morgan fingerprint density at radius 2 is 0.750 bits per heavy atom. The van der Waals surface area contributed by atoms with Gasteiger partial charge in [0.2, 0.25) is 0 Å². The van der Waals surface area contributed by atoms with Gasteiger partial charge in [-0.15, -0.1) is 0 Å². The molecule has 1 radical (unpaired) electrons. The summed E-state index contributed by atoms with van der Waals surface area (Å²) in [6.45, 7) is 0. The Kier molecular flexibility index (Phi) is 170. The maximum absolute atomic E-state index is 0. The van der Waals surface area contributed by atoms with Gasteiger partial charge in [0.25, 0.3) is 0 Å². The van der Waals surface area contributed by atoms with Crippen molar-refractivity contribution >= 4 is 27.0 Å². The standard InChI is InChI=1S/Cd.Mn.2S/q2*+2;2*-2. The first-order valence-corrected chi connectivity index (χ1v) is 0. The van der Waals surface area contributed by atoms with Gasteiger partial charge in [-0.1, -0.05) is 0 Å². The van der Waals surface area contributed by atoms with Crippen molar-refractivity contribution in [3.8, 4) is 0 Å². The maximum atomic E-state index is 0. The molecule has 4 heavy (non-hydrogen) atoms. The van der Waals surface area contributed by atoms with Crippen LogP contribution in [0, 0.1) is 0 Å². The molecule has 0 aromatic rings. The summed E-state index contributed by atoms with van der Waals surface area (Å²) in [5, 5.41) is 0. The predicted molar refractivity (Wildman–Crippen MR) is 14.7 cm³/mol. The van der Waals surface area contributed by atoms with Crippen LogP contribution in [0.1, 0.15) is 0 Å². The van der Waals surface area contributed by atoms with Crippen LogP contribution in [0.3, 0.4) is 0 Å². The van der Waals surface area contributed by atoms with E-state index in [9.17, 15) is 0 Å². The first kappa shape index (κ1) is 35.4. The van der Waals surface area contributed by atoms with E-state index in [1.54, 1.807) is 0 Å². The van der Waals surface area contributed by atoms with E-state index in [1.165, 1.54) is 0 Å². The zero-order valence-electron chi connectivity index (χ0n) is 1.90. The molecule has 0 saturated carbocycles. The van der Waals surface area contributed by atoms with Gasteiger partial charge in [0.05, 0.1) is 0 Å². The molecule has 0 amide bonds. The van der Waals surface area contributed by atoms with Crippen molar-refractivity contribution in [3.05, 3.63) is 0 Å². The van der Waals surface area contributed by atoms with Crippen molar-refractivity contribution in [2.75, 3.05) is 0 Å². The van der Waals surface area contributed by atoms with Crippen molar-refractivity contribution < 1.29 is 44.4 Å². The molecule has 0 aromatic carbocycles. The molecule has 0 aliphatic heterocycles. The second-order valence-corrected chi connectivity index (χ2v) is 0. The second-order valence-electron chi connectivity index (χ2n) is 0. The van der Waals surface area contributed by atoms with E-state index in [-0.39, 0.29) is 71.4 Å². The van der Waals surface area contributed by atoms with Crippen LogP contribution in [0.5, 0.6) is 0 Å². The van der Waals surface area contributed by atoms with Gasteiger partial charge in [-0.2, -0.15) is 0 Å². The third-order valence-corrected chi connectivity index (χ3v) is 0. The third kappa shape index (κ3) is 8.91. The van der Waals surface area contributed by atoms with Crippen molar-refractivity contribution in [3.63, 3.8) is 0 Å². The van der Waals surface area contributed by atoms with Crippen molar-refractivity contribution in [1.29, 1.82) is 0 Å². The minimum atomic E-state index is 0. The van der Waals surface area contributed by atoms with E-state index in [1.807, 2.05) is 0 Å². The fraction of sp³-hybridized carbons (Fsp3) is 0. The first-order chi connectivity index (χ1) is 0. The average Bonchev–Trinajstić information content (AvgIpc) is 0. The molecule has 0 spiro atoms. The summed E-state index contributed by atoms with van der Waals surface area (Å²) in [6, 6.07) is 0. The van der Waals surface area contributed by atoms with Crippen LogP contribution < -0.4 is 0 Å². The van der Waals surface area contributed by atoms with Crippen LogP contribution in [0.2, 0.25) is 0 Å². The zero-order chi connectivity index (χ0) is 0. The first-order valence-electron chi connectivity index (χ1n) is 0. The number of hydrogen-bond acceptors (Lipinski definition) is 0. The molecule has 0 fully saturated rings. The van der Waals surface area contributed by atoms with Crippen molar-refractivity contribution in [1.82, 2.24) is 0 Å². The Morgan fingerprint density at radius 1 is 0.750 bits per heavy atom. The molecule has 0 atom stereocenters. The van der Waals surface area contributed by atoms with Crippen molar-refractivity contribution in [2.24, 2.45) is 0 Å². The summed E-state index contributed by atoms with van der Waals surface area (Å²) in [5.41, 5.74) is 0. The van der Waals surface area contributed by atoms with Gasteiger partial charge in [0.15, 0.2) is 0 Å². The van der Waals surface area contributed by atoms with Crippen LogP contribution in [-0.2, 0) is 71.4 Å². The fourth-order valence-electron chi connectivity index (χ4n) is 0. The quantitative estimate of drug-likeness (QED) is 0.515. The van der Waals surface area contributed by atoms with Crippen molar-refractivity contribution in [2.45, 2.75) is 0 Å². The summed E-state index contributed by atoms with van der Waals surface area (Å²) in [4.78, 5) is 0. The Bertz CT molecular complexity index is 6.00. The minimum Gasteiger partial charge on any atom is -2.00 e. The van der Waals surface area contributed by atoms with Gasteiger partial charge in [0.1, 0.15) is 0 Å². The average molecular weight is 231 g/mol. The summed E-state index contributed by atoms with van der Waals surface area (Å²) in [6.07, 6.45) is 0. The molecule has 0 N–H and O–H groups in total. The molecule has 0 unspecified atom stereocenters. The van der Waals surface area contributed by atoms with Gasteiger partial charge in [0, 0.05) is 0 Å². The topological polar surface area (TPSA) is 0 Å². The number of rotatable bonds is 0. The summed E-state index contributed by atoms with van der Waals surface area (Å²) in [7, 11) is 0. The monoisotopic (exact) mass is 233 g/mol. The Balaban J connectivity index is 0. The normalized spacial score (nSPS) is 0. The van der Waals surface area contributed by atoms with E-state index >= 15 is 0 Å². The van der Waals surface area contributed by atoms with E-state index in [4.69, 9.17) is 0 Å². The SMILES string of the molecule is [Cd+2].[Mn+2].[S-2].[S-2]. The van der Waals surface area contributed by atoms with E-state index in [0.717, 1.165) is 0 Å². The second kappa shape index (κ2) is 19.2. The molecule has 0 bridgehead atoms. The van der Waals surface area contributed by atoms with Gasteiger partial charge in [-0.05, 0) is 0 Å². The van der Waals surface area contributed by atoms with Crippen LogP contribution >= 0.6 is 0 Å². The van der Waals surface area contributed by atoms with Crippen LogP contribution in [0.15, 0.2) is 0 Å². The molecule has 0 nitrogen and oxygen atoms in total. The van der Waals surface area contributed by atoms with E-state index in [2.05, 4.69) is 0 Å². The van der Waals surface area contributed by atoms with Gasteiger partial charge >= 0.3 is 44.4 Å². The molecular weight excluding hydrogens is 231 g/mol. The van der Waals surface area contributed by atoms with Gasteiger partial charge in [-0.3, -0.25) is 0 Å². The molecule has 4 heteroatoms. The van der Waals surface area contributed by atoms with E-state index in [0.29, 0.717) is 0 Å². The van der Waals surface area contributed by atoms with Gasteiger partial charge in [-0.25, -0.2) is 0 Å². The molecule has 0 aliphatic rings. The zero-order valence-corrected chi connectivity index (χ0v) is 8.75. The predicted octanol–water partition coefficient (Wildman–Crippen LogP) is -0.00980. The van der Waals surface area contributed by atoms with Crippen LogP contribution in [0.4, 0.5) is 0 Å². The van der Waals surface area contributed by atoms with Gasteiger partial charge < -0.3 is 27.0 Å². The Hall–Kier alpha value is 2.14. The Morgan fingerprint density at radius 3 is 0.750 bits per heavy atom. The minimum absolute atomic E-state index is 0. The largest absolute Gasteiger partial charge is 2.00 e. The fourth-order valence-corrected chi connectivity index (χ4v) is 0. The Labute approximate surface area is 70.6 Å². The molecule has 21 valence electrons. The molecule has 0 aliphatic carbocycles. The smallest absolute Gasteiger partial charge is 2.00 e. The summed E-state index contributed by atoms with van der Waals surface area (Å²) in [5.74, 6) is 0. The molecule has 0 saturated heterocycles. The molecular formula is CdMnS2.